The molecule has 0 radical (unpaired) electrons. The fraction of sp³-hybridized carbons (Fsp3) is 0.200. The van der Waals surface area contributed by atoms with Crippen LogP contribution in [0.15, 0.2) is 60.7 Å². The van der Waals surface area contributed by atoms with E-state index in [0.717, 1.165) is 0 Å². The maximum Gasteiger partial charge on any atom is 0.0831 e. The Morgan fingerprint density at radius 3 is 1.41 bits per heavy atom. The Balaban J connectivity index is 2.55. The normalized spacial score (nSPS) is 11.8. The van der Waals surface area contributed by atoms with Crippen molar-refractivity contribution in [2.75, 3.05) is 0 Å². The number of alkyl halides is 2. The van der Waals surface area contributed by atoms with Gasteiger partial charge >= 0.3 is 0 Å². The highest BCUT2D eigenvalue weighted by Crippen LogP contribution is 2.41. The summed E-state index contributed by atoms with van der Waals surface area (Å²) in [6, 6.07) is 21.1. The molecule has 0 heterocycles. The highest BCUT2D eigenvalue weighted by Gasteiger charge is 2.34. The van der Waals surface area contributed by atoms with Gasteiger partial charge in [-0.25, -0.2) is 0 Å². The molecule has 0 atom stereocenters. The van der Waals surface area contributed by atoms with Crippen molar-refractivity contribution < 1.29 is 0 Å². The Kier molecular flexibility index (Phi) is 4.05. The lowest BCUT2D eigenvalue weighted by Crippen LogP contribution is -2.30. The molecule has 0 fully saturated rings. The summed E-state index contributed by atoms with van der Waals surface area (Å²) in [4.78, 5) is 0. The van der Waals surface area contributed by atoms with E-state index in [0.29, 0.717) is 0 Å². The molecule has 0 bridgehead atoms. The predicted octanol–water partition coefficient (Wildman–Crippen LogP) is 5.11. The van der Waals surface area contributed by atoms with E-state index in [-0.39, 0.29) is 9.15 Å². The SMILES string of the molecule is CC(c1ccccc1)(c1ccccc1)C(Br)Br. The summed E-state index contributed by atoms with van der Waals surface area (Å²) in [5, 5.41) is 0. The van der Waals surface area contributed by atoms with Gasteiger partial charge < -0.3 is 0 Å². The maximum atomic E-state index is 3.69. The van der Waals surface area contributed by atoms with Crippen molar-refractivity contribution in [3.8, 4) is 0 Å². The number of benzene rings is 2. The van der Waals surface area contributed by atoms with E-state index < -0.39 is 0 Å². The van der Waals surface area contributed by atoms with Crippen LogP contribution in [0.2, 0.25) is 0 Å². The van der Waals surface area contributed by atoms with Crippen molar-refractivity contribution in [3.05, 3.63) is 71.8 Å². The van der Waals surface area contributed by atoms with Crippen LogP contribution in [0.3, 0.4) is 0 Å². The Bertz CT molecular complexity index is 423. The van der Waals surface area contributed by atoms with Gasteiger partial charge in [-0.3, -0.25) is 0 Å². The average Bonchev–Trinajstić information content (AvgIpc) is 2.39. The fourth-order valence-electron chi connectivity index (χ4n) is 1.99. The Morgan fingerprint density at radius 1 is 0.765 bits per heavy atom. The van der Waals surface area contributed by atoms with Gasteiger partial charge in [0.05, 0.1) is 3.74 Å². The summed E-state index contributed by atoms with van der Waals surface area (Å²) in [6.45, 7) is 2.24. The van der Waals surface area contributed by atoms with E-state index in [4.69, 9.17) is 0 Å². The average molecular weight is 354 g/mol. The quantitative estimate of drug-likeness (QED) is 0.672. The van der Waals surface area contributed by atoms with E-state index >= 15 is 0 Å². The van der Waals surface area contributed by atoms with Gasteiger partial charge in [-0.15, -0.1) is 0 Å². The van der Waals surface area contributed by atoms with Crippen LogP contribution in [0.5, 0.6) is 0 Å². The van der Waals surface area contributed by atoms with Crippen molar-refractivity contribution in [2.24, 2.45) is 0 Å². The summed E-state index contributed by atoms with van der Waals surface area (Å²) < 4.78 is 0.187. The zero-order valence-corrected chi connectivity index (χ0v) is 12.8. The molecule has 0 amide bonds. The minimum atomic E-state index is -0.0808. The van der Waals surface area contributed by atoms with Crippen LogP contribution in [-0.2, 0) is 5.41 Å². The lowest BCUT2D eigenvalue weighted by atomic mass is 9.78. The molecule has 88 valence electrons. The number of hydrogen-bond acceptors (Lipinski definition) is 0. The number of rotatable bonds is 3. The van der Waals surface area contributed by atoms with E-state index in [9.17, 15) is 0 Å². The van der Waals surface area contributed by atoms with Gasteiger partial charge in [0.25, 0.3) is 0 Å². The molecule has 0 unspecified atom stereocenters. The maximum absolute atomic E-state index is 3.69. The molecule has 0 aliphatic carbocycles. The smallest absolute Gasteiger partial charge is 0.0751 e. The molecule has 17 heavy (non-hydrogen) atoms. The summed E-state index contributed by atoms with van der Waals surface area (Å²) in [7, 11) is 0. The first kappa shape index (κ1) is 12.8. The van der Waals surface area contributed by atoms with Crippen molar-refractivity contribution in [1.29, 1.82) is 0 Å². The van der Waals surface area contributed by atoms with Gasteiger partial charge in [-0.1, -0.05) is 92.5 Å². The number of halogens is 2. The molecular weight excluding hydrogens is 340 g/mol. The second-order valence-corrected chi connectivity index (χ2v) is 7.30. The Labute approximate surface area is 119 Å². The molecule has 2 rings (SSSR count). The van der Waals surface area contributed by atoms with E-state index in [1.165, 1.54) is 11.1 Å². The molecule has 2 aromatic rings. The van der Waals surface area contributed by atoms with E-state index in [2.05, 4.69) is 87.3 Å². The van der Waals surface area contributed by atoms with Gasteiger partial charge in [0.2, 0.25) is 0 Å². The van der Waals surface area contributed by atoms with E-state index in [1.54, 1.807) is 0 Å². The van der Waals surface area contributed by atoms with Crippen LogP contribution in [0.1, 0.15) is 18.1 Å². The van der Waals surface area contributed by atoms with Crippen LogP contribution in [0.4, 0.5) is 0 Å². The van der Waals surface area contributed by atoms with Crippen LogP contribution >= 0.6 is 31.9 Å². The summed E-state index contributed by atoms with van der Waals surface area (Å²) in [5.74, 6) is 0. The van der Waals surface area contributed by atoms with Gasteiger partial charge in [-0.05, 0) is 18.1 Å². The first-order valence-corrected chi connectivity index (χ1v) is 7.38. The molecule has 0 spiro atoms. The lowest BCUT2D eigenvalue weighted by Gasteiger charge is -2.32. The molecule has 0 saturated heterocycles. The largest absolute Gasteiger partial charge is 0.0831 e. The van der Waals surface area contributed by atoms with Gasteiger partial charge in [-0.2, -0.15) is 0 Å². The highest BCUT2D eigenvalue weighted by atomic mass is 79.9. The van der Waals surface area contributed by atoms with Crippen LogP contribution in [0, 0.1) is 0 Å². The molecule has 2 aromatic carbocycles. The molecule has 0 aliphatic rings. The standard InChI is InChI=1S/C15H14Br2/c1-15(14(16)17,12-8-4-2-5-9-12)13-10-6-3-7-11-13/h2-11,14H,1H3. The summed E-state index contributed by atoms with van der Waals surface area (Å²) in [5.41, 5.74) is 2.51. The van der Waals surface area contributed by atoms with Crippen LogP contribution in [-0.4, -0.2) is 3.74 Å². The van der Waals surface area contributed by atoms with Crippen molar-refractivity contribution in [2.45, 2.75) is 16.1 Å². The Morgan fingerprint density at radius 2 is 1.12 bits per heavy atom. The molecule has 2 heteroatoms. The summed E-state index contributed by atoms with van der Waals surface area (Å²) in [6.07, 6.45) is 0. The highest BCUT2D eigenvalue weighted by molar-refractivity contribution is 9.24. The van der Waals surface area contributed by atoms with Gasteiger partial charge in [0, 0.05) is 5.41 Å². The Hall–Kier alpha value is -0.600. The second-order valence-electron chi connectivity index (χ2n) is 4.24. The molecule has 0 nitrogen and oxygen atoms in total. The topological polar surface area (TPSA) is 0 Å². The fourth-order valence-corrected chi connectivity index (χ4v) is 3.04. The number of hydrogen-bond donors (Lipinski definition) is 0. The third kappa shape index (κ3) is 2.48. The summed E-state index contributed by atoms with van der Waals surface area (Å²) >= 11 is 7.37. The molecule has 0 saturated carbocycles. The third-order valence-electron chi connectivity index (χ3n) is 3.18. The lowest BCUT2D eigenvalue weighted by molar-refractivity contribution is 0.639. The molecule has 0 aromatic heterocycles. The first-order valence-electron chi connectivity index (χ1n) is 5.55. The van der Waals surface area contributed by atoms with Crippen LogP contribution in [0.25, 0.3) is 0 Å². The van der Waals surface area contributed by atoms with Crippen molar-refractivity contribution >= 4 is 31.9 Å². The van der Waals surface area contributed by atoms with Gasteiger partial charge in [0.1, 0.15) is 0 Å². The minimum absolute atomic E-state index is 0.0808. The second kappa shape index (κ2) is 5.36. The minimum Gasteiger partial charge on any atom is -0.0751 e. The predicted molar refractivity (Wildman–Crippen MR) is 81.0 cm³/mol. The zero-order chi connectivity index (χ0) is 12.3. The van der Waals surface area contributed by atoms with E-state index in [1.807, 2.05) is 12.1 Å². The molecule has 0 N–H and O–H groups in total. The van der Waals surface area contributed by atoms with Gasteiger partial charge in [0.15, 0.2) is 0 Å². The molecular formula is C15H14Br2. The third-order valence-corrected chi connectivity index (χ3v) is 5.01. The van der Waals surface area contributed by atoms with Crippen molar-refractivity contribution in [1.82, 2.24) is 0 Å². The molecule has 0 aliphatic heterocycles. The zero-order valence-electron chi connectivity index (χ0n) is 9.61. The first-order chi connectivity index (χ1) is 8.15. The monoisotopic (exact) mass is 352 g/mol. The van der Waals surface area contributed by atoms with Crippen molar-refractivity contribution in [3.63, 3.8) is 0 Å². The van der Waals surface area contributed by atoms with Crippen LogP contribution < -0.4 is 0 Å².